The Labute approximate surface area is 116 Å². The molecule has 1 aliphatic carbocycles. The summed E-state index contributed by atoms with van der Waals surface area (Å²) in [6.45, 7) is 4.77. The van der Waals surface area contributed by atoms with Gasteiger partial charge >= 0.3 is 0 Å². The van der Waals surface area contributed by atoms with E-state index in [1.807, 2.05) is 12.1 Å². The van der Waals surface area contributed by atoms with Crippen molar-refractivity contribution in [1.29, 1.82) is 0 Å². The van der Waals surface area contributed by atoms with Crippen molar-refractivity contribution >= 4 is 5.57 Å². The molecule has 0 aliphatic heterocycles. The molecule has 0 spiro atoms. The summed E-state index contributed by atoms with van der Waals surface area (Å²) in [5.74, 6) is 2.41. The van der Waals surface area contributed by atoms with Gasteiger partial charge in [-0.15, -0.1) is 0 Å². The number of ether oxygens (including phenoxy) is 1. The second kappa shape index (κ2) is 6.25. The molecule has 1 aliphatic rings. The molecular formula is C17H24O2. The average molecular weight is 260 g/mol. The summed E-state index contributed by atoms with van der Waals surface area (Å²) in [6, 6.07) is 8.23. The summed E-state index contributed by atoms with van der Waals surface area (Å²) < 4.78 is 5.20. The zero-order chi connectivity index (χ0) is 13.8. The van der Waals surface area contributed by atoms with Gasteiger partial charge in [-0.05, 0) is 53.9 Å². The Morgan fingerprint density at radius 3 is 2.47 bits per heavy atom. The molecule has 2 heteroatoms. The number of hydrogen-bond donors (Lipinski definition) is 1. The first kappa shape index (κ1) is 14.1. The number of allylic oxidation sites excluding steroid dienone is 2. The summed E-state index contributed by atoms with van der Waals surface area (Å²) in [5, 5.41) is 9.57. The van der Waals surface area contributed by atoms with Gasteiger partial charge in [-0.25, -0.2) is 0 Å². The van der Waals surface area contributed by atoms with Crippen LogP contribution in [0.4, 0.5) is 0 Å². The SMILES string of the molecule is CCC1C=C(c2ccc(OC)cc2)CC(CO)C1C. The molecule has 2 rings (SSSR count). The van der Waals surface area contributed by atoms with Gasteiger partial charge in [0.2, 0.25) is 0 Å². The van der Waals surface area contributed by atoms with E-state index in [0.717, 1.165) is 18.6 Å². The molecule has 0 saturated carbocycles. The predicted molar refractivity (Wildman–Crippen MR) is 79.1 cm³/mol. The van der Waals surface area contributed by atoms with Crippen LogP contribution in [0.1, 0.15) is 32.3 Å². The van der Waals surface area contributed by atoms with Crippen molar-refractivity contribution in [3.63, 3.8) is 0 Å². The van der Waals surface area contributed by atoms with E-state index in [-0.39, 0.29) is 6.61 Å². The second-order valence-corrected chi connectivity index (χ2v) is 5.50. The van der Waals surface area contributed by atoms with E-state index < -0.39 is 0 Å². The van der Waals surface area contributed by atoms with Gasteiger partial charge in [-0.1, -0.05) is 32.1 Å². The molecule has 1 aromatic rings. The number of hydrogen-bond acceptors (Lipinski definition) is 2. The lowest BCUT2D eigenvalue weighted by Gasteiger charge is -2.34. The molecule has 1 N–H and O–H groups in total. The summed E-state index contributed by atoms with van der Waals surface area (Å²) in [4.78, 5) is 0. The molecule has 3 unspecified atom stereocenters. The third-order valence-corrected chi connectivity index (χ3v) is 4.48. The minimum Gasteiger partial charge on any atom is -0.497 e. The highest BCUT2D eigenvalue weighted by molar-refractivity contribution is 5.67. The number of rotatable bonds is 4. The lowest BCUT2D eigenvalue weighted by molar-refractivity contribution is 0.155. The Morgan fingerprint density at radius 2 is 1.95 bits per heavy atom. The molecule has 0 bridgehead atoms. The second-order valence-electron chi connectivity index (χ2n) is 5.50. The van der Waals surface area contributed by atoms with Gasteiger partial charge in [0, 0.05) is 6.61 Å². The van der Waals surface area contributed by atoms with Gasteiger partial charge in [0.1, 0.15) is 5.75 Å². The van der Waals surface area contributed by atoms with Gasteiger partial charge < -0.3 is 9.84 Å². The third-order valence-electron chi connectivity index (χ3n) is 4.48. The highest BCUT2D eigenvalue weighted by atomic mass is 16.5. The van der Waals surface area contributed by atoms with Gasteiger partial charge in [0.25, 0.3) is 0 Å². The maximum absolute atomic E-state index is 9.57. The Hall–Kier alpha value is -1.28. The Balaban J connectivity index is 2.26. The Bertz CT molecular complexity index is 433. The lowest BCUT2D eigenvalue weighted by Crippen LogP contribution is -2.26. The van der Waals surface area contributed by atoms with Crippen molar-refractivity contribution in [2.45, 2.75) is 26.7 Å². The maximum Gasteiger partial charge on any atom is 0.118 e. The van der Waals surface area contributed by atoms with Gasteiger partial charge in [0.05, 0.1) is 7.11 Å². The van der Waals surface area contributed by atoms with Crippen molar-refractivity contribution in [2.75, 3.05) is 13.7 Å². The van der Waals surface area contributed by atoms with E-state index in [1.165, 1.54) is 11.1 Å². The quantitative estimate of drug-likeness (QED) is 0.893. The van der Waals surface area contributed by atoms with E-state index in [9.17, 15) is 5.11 Å². The fourth-order valence-corrected chi connectivity index (χ4v) is 3.04. The summed E-state index contributed by atoms with van der Waals surface area (Å²) in [5.41, 5.74) is 2.62. The van der Waals surface area contributed by atoms with E-state index in [4.69, 9.17) is 4.74 Å². The fraction of sp³-hybridized carbons (Fsp3) is 0.529. The normalized spacial score (nSPS) is 26.9. The molecule has 2 nitrogen and oxygen atoms in total. The van der Waals surface area contributed by atoms with Crippen LogP contribution in [0.25, 0.3) is 5.57 Å². The number of benzene rings is 1. The molecule has 3 atom stereocenters. The maximum atomic E-state index is 9.57. The smallest absolute Gasteiger partial charge is 0.118 e. The molecule has 0 amide bonds. The largest absolute Gasteiger partial charge is 0.497 e. The van der Waals surface area contributed by atoms with Crippen LogP contribution < -0.4 is 4.74 Å². The van der Waals surface area contributed by atoms with E-state index in [2.05, 4.69) is 32.1 Å². The monoisotopic (exact) mass is 260 g/mol. The van der Waals surface area contributed by atoms with Crippen molar-refractivity contribution < 1.29 is 9.84 Å². The van der Waals surface area contributed by atoms with Crippen LogP contribution in [0, 0.1) is 17.8 Å². The molecule has 104 valence electrons. The number of methoxy groups -OCH3 is 1. The Kier molecular flexibility index (Phi) is 4.65. The first-order chi connectivity index (χ1) is 9.19. The van der Waals surface area contributed by atoms with Gasteiger partial charge in [0.15, 0.2) is 0 Å². The van der Waals surface area contributed by atoms with Crippen LogP contribution in [-0.2, 0) is 0 Å². The molecule has 1 aromatic carbocycles. The summed E-state index contributed by atoms with van der Waals surface area (Å²) in [7, 11) is 1.69. The standard InChI is InChI=1S/C17H24O2/c1-4-13-9-15(10-16(11-18)12(13)2)14-5-7-17(19-3)8-6-14/h5-9,12-13,16,18H,4,10-11H2,1-3H3. The minimum atomic E-state index is 0.283. The zero-order valence-corrected chi connectivity index (χ0v) is 12.1. The number of aliphatic hydroxyl groups excluding tert-OH is 1. The van der Waals surface area contributed by atoms with Crippen molar-refractivity contribution in [2.24, 2.45) is 17.8 Å². The topological polar surface area (TPSA) is 29.5 Å². The molecule has 0 radical (unpaired) electrons. The summed E-state index contributed by atoms with van der Waals surface area (Å²) >= 11 is 0. The third kappa shape index (κ3) is 3.01. The van der Waals surface area contributed by atoms with Crippen LogP contribution in [0.3, 0.4) is 0 Å². The summed E-state index contributed by atoms with van der Waals surface area (Å²) in [6.07, 6.45) is 4.51. The lowest BCUT2D eigenvalue weighted by atomic mass is 9.72. The van der Waals surface area contributed by atoms with Gasteiger partial charge in [-0.2, -0.15) is 0 Å². The first-order valence-electron chi connectivity index (χ1n) is 7.15. The van der Waals surface area contributed by atoms with E-state index >= 15 is 0 Å². The van der Waals surface area contributed by atoms with Crippen LogP contribution in [-0.4, -0.2) is 18.8 Å². The van der Waals surface area contributed by atoms with Crippen LogP contribution in [0.15, 0.2) is 30.3 Å². The highest BCUT2D eigenvalue weighted by Gasteiger charge is 2.28. The van der Waals surface area contributed by atoms with E-state index in [0.29, 0.717) is 17.8 Å². The van der Waals surface area contributed by atoms with E-state index in [1.54, 1.807) is 7.11 Å². The van der Waals surface area contributed by atoms with Gasteiger partial charge in [-0.3, -0.25) is 0 Å². The average Bonchev–Trinajstić information content (AvgIpc) is 2.47. The zero-order valence-electron chi connectivity index (χ0n) is 12.1. The fourth-order valence-electron chi connectivity index (χ4n) is 3.04. The molecule has 0 aromatic heterocycles. The number of aliphatic hydroxyl groups is 1. The van der Waals surface area contributed by atoms with Crippen molar-refractivity contribution in [3.8, 4) is 5.75 Å². The van der Waals surface area contributed by atoms with Crippen LogP contribution >= 0.6 is 0 Å². The van der Waals surface area contributed by atoms with Crippen molar-refractivity contribution in [1.82, 2.24) is 0 Å². The molecule has 0 fully saturated rings. The predicted octanol–water partition coefficient (Wildman–Crippen LogP) is 3.75. The molecule has 0 saturated heterocycles. The first-order valence-corrected chi connectivity index (χ1v) is 7.15. The molecule has 0 heterocycles. The Morgan fingerprint density at radius 1 is 1.26 bits per heavy atom. The molecule has 19 heavy (non-hydrogen) atoms. The van der Waals surface area contributed by atoms with Crippen LogP contribution in [0.5, 0.6) is 5.75 Å². The van der Waals surface area contributed by atoms with Crippen LogP contribution in [0.2, 0.25) is 0 Å². The minimum absolute atomic E-state index is 0.283. The van der Waals surface area contributed by atoms with Crippen molar-refractivity contribution in [3.05, 3.63) is 35.9 Å². The molecular weight excluding hydrogens is 236 g/mol. The highest BCUT2D eigenvalue weighted by Crippen LogP contribution is 2.39.